The van der Waals surface area contributed by atoms with Crippen LogP contribution in [0.5, 0.6) is 0 Å². The van der Waals surface area contributed by atoms with Gasteiger partial charge in [-0.2, -0.15) is 4.31 Å². The van der Waals surface area contributed by atoms with Crippen LogP contribution in [0.4, 0.5) is 5.69 Å². The fourth-order valence-corrected chi connectivity index (χ4v) is 4.95. The molecule has 0 fully saturated rings. The van der Waals surface area contributed by atoms with Crippen LogP contribution >= 0.6 is 0 Å². The van der Waals surface area contributed by atoms with Gasteiger partial charge in [0, 0.05) is 47.4 Å². The van der Waals surface area contributed by atoms with Crippen LogP contribution < -0.4 is 0 Å². The van der Waals surface area contributed by atoms with Crippen LogP contribution in [0, 0.1) is 57.5 Å². The lowest BCUT2D eigenvalue weighted by Gasteiger charge is -2.19. The molecule has 0 aliphatic carbocycles. The number of nitro groups is 1. The lowest BCUT2D eigenvalue weighted by atomic mass is 10.1. The number of hydrogen-bond acceptors (Lipinski definition) is 6. The van der Waals surface area contributed by atoms with Gasteiger partial charge < -0.3 is 10.2 Å². The van der Waals surface area contributed by atoms with Crippen LogP contribution in [0.1, 0.15) is 35.1 Å². The molecular weight excluding hydrogens is 540 g/mol. The van der Waals surface area contributed by atoms with E-state index in [4.69, 9.17) is 10.2 Å². The van der Waals surface area contributed by atoms with E-state index in [-0.39, 0.29) is 36.9 Å². The molecule has 0 aliphatic heterocycles. The van der Waals surface area contributed by atoms with Gasteiger partial charge in [0.15, 0.2) is 0 Å². The van der Waals surface area contributed by atoms with Crippen molar-refractivity contribution >= 4 is 15.7 Å². The highest BCUT2D eigenvalue weighted by atomic mass is 32.2. The summed E-state index contributed by atoms with van der Waals surface area (Å²) in [5.41, 5.74) is 2.39. The van der Waals surface area contributed by atoms with E-state index >= 15 is 0 Å². The van der Waals surface area contributed by atoms with Crippen molar-refractivity contribution in [2.75, 3.05) is 26.3 Å². The van der Waals surface area contributed by atoms with Gasteiger partial charge in [-0.3, -0.25) is 10.1 Å². The summed E-state index contributed by atoms with van der Waals surface area (Å²) in [6, 6.07) is 19.1. The van der Waals surface area contributed by atoms with Gasteiger partial charge in [-0.1, -0.05) is 71.6 Å². The average molecular weight is 567 g/mol. The monoisotopic (exact) mass is 566 g/mol. The molecule has 0 amide bonds. The van der Waals surface area contributed by atoms with E-state index < -0.39 is 14.9 Å². The van der Waals surface area contributed by atoms with E-state index in [0.717, 1.165) is 12.1 Å². The van der Waals surface area contributed by atoms with E-state index in [0.29, 0.717) is 35.1 Å². The maximum Gasteiger partial charge on any atom is 0.269 e. The third-order valence-electron chi connectivity index (χ3n) is 5.55. The molecule has 0 atom stereocenters. The van der Waals surface area contributed by atoms with Crippen LogP contribution in [0.2, 0.25) is 0 Å². The minimum absolute atomic E-state index is 0.0819. The lowest BCUT2D eigenvalue weighted by molar-refractivity contribution is -0.384. The molecule has 9 heteroatoms. The second-order valence-corrected chi connectivity index (χ2v) is 10.2. The Balaban J connectivity index is 1.82. The first-order valence-electron chi connectivity index (χ1n) is 12.5. The minimum atomic E-state index is -4.02. The molecule has 2 N–H and O–H groups in total. The Bertz CT molecular complexity index is 1740. The molecule has 0 saturated carbocycles. The lowest BCUT2D eigenvalue weighted by Crippen LogP contribution is -2.32. The van der Waals surface area contributed by atoms with Crippen molar-refractivity contribution in [2.24, 2.45) is 0 Å². The van der Waals surface area contributed by atoms with Crippen molar-refractivity contribution in [3.8, 4) is 47.4 Å². The molecule has 0 unspecified atom stereocenters. The quantitative estimate of drug-likeness (QED) is 0.196. The average Bonchev–Trinajstić information content (AvgIpc) is 2.98. The van der Waals surface area contributed by atoms with Crippen molar-refractivity contribution in [1.82, 2.24) is 4.31 Å². The summed E-state index contributed by atoms with van der Waals surface area (Å²) in [5, 5.41) is 29.0. The molecule has 0 spiro atoms. The second kappa shape index (κ2) is 15.7. The van der Waals surface area contributed by atoms with Gasteiger partial charge in [-0.25, -0.2) is 8.42 Å². The molecule has 0 radical (unpaired) electrons. The highest BCUT2D eigenvalue weighted by Crippen LogP contribution is 2.20. The fourth-order valence-electron chi connectivity index (χ4n) is 3.57. The predicted octanol–water partition coefficient (Wildman–Crippen LogP) is 3.16. The number of rotatable bonds is 7. The Hall–Kier alpha value is -4.87. The van der Waals surface area contributed by atoms with Crippen molar-refractivity contribution in [1.29, 1.82) is 0 Å². The normalized spacial score (nSPS) is 10.1. The molecular formula is C32H26N2O6S. The zero-order chi connectivity index (χ0) is 29.5. The summed E-state index contributed by atoms with van der Waals surface area (Å²) in [7, 11) is -4.02. The summed E-state index contributed by atoms with van der Waals surface area (Å²) in [5.74, 6) is 22.8. The topological polar surface area (TPSA) is 121 Å². The molecule has 0 heterocycles. The first-order valence-corrected chi connectivity index (χ1v) is 13.9. The zero-order valence-electron chi connectivity index (χ0n) is 22.0. The molecule has 3 aromatic carbocycles. The molecule has 0 aliphatic rings. The maximum absolute atomic E-state index is 13.5. The first kappa shape index (κ1) is 30.7. The molecule has 3 aromatic rings. The molecule has 0 bridgehead atoms. The highest BCUT2D eigenvalue weighted by molar-refractivity contribution is 7.89. The third kappa shape index (κ3) is 9.09. The summed E-state index contributed by atoms with van der Waals surface area (Å²) >= 11 is 0. The largest absolute Gasteiger partial charge is 0.384 e. The van der Waals surface area contributed by atoms with E-state index in [1.165, 1.54) is 16.4 Å². The van der Waals surface area contributed by atoms with Gasteiger partial charge in [0.05, 0.1) is 16.4 Å². The Morgan fingerprint density at radius 1 is 0.707 bits per heavy atom. The van der Waals surface area contributed by atoms with Gasteiger partial charge in [-0.15, -0.1) is 0 Å². The number of aliphatic hydroxyl groups excluding tert-OH is 2. The SMILES string of the molecule is O=[N+]([O-])c1ccc(S(=O)(=O)N(CC#Cc2ccccc2C#CCO)CCCC#Cc2ccccc2C#CCO)cc1. The smallest absolute Gasteiger partial charge is 0.269 e. The number of aliphatic hydroxyl groups is 2. The van der Waals surface area contributed by atoms with Crippen molar-refractivity contribution in [3.63, 3.8) is 0 Å². The van der Waals surface area contributed by atoms with Crippen molar-refractivity contribution < 1.29 is 23.6 Å². The van der Waals surface area contributed by atoms with Gasteiger partial charge in [0.25, 0.3) is 5.69 Å². The van der Waals surface area contributed by atoms with E-state index in [1.54, 1.807) is 30.3 Å². The van der Waals surface area contributed by atoms with Gasteiger partial charge >= 0.3 is 0 Å². The van der Waals surface area contributed by atoms with Crippen LogP contribution in [0.15, 0.2) is 77.7 Å². The summed E-state index contributed by atoms with van der Waals surface area (Å²) < 4.78 is 28.1. The number of sulfonamides is 1. The van der Waals surface area contributed by atoms with Gasteiger partial charge in [-0.05, 0) is 42.8 Å². The number of unbranched alkanes of at least 4 members (excludes halogenated alkanes) is 1. The molecule has 3 rings (SSSR count). The number of hydrogen-bond donors (Lipinski definition) is 2. The van der Waals surface area contributed by atoms with E-state index in [2.05, 4.69) is 47.4 Å². The van der Waals surface area contributed by atoms with Crippen molar-refractivity contribution in [2.45, 2.75) is 17.7 Å². The fraction of sp³-hybridized carbons (Fsp3) is 0.188. The molecule has 41 heavy (non-hydrogen) atoms. The summed E-state index contributed by atoms with van der Waals surface area (Å²) in [4.78, 5) is 10.3. The Labute approximate surface area is 239 Å². The number of nitrogens with zero attached hydrogens (tertiary/aromatic N) is 2. The standard InChI is InChI=1S/C32H26N2O6S/c35-25-9-17-29-14-5-3-12-27(29)11-2-1-7-23-33(41(39,40)32-21-19-31(20-22-32)34(37)38)24-8-16-28-13-4-6-15-30(28)18-10-26-36/h3-6,12-15,19-22,35-36H,1,7,23-26H2. The Kier molecular flexibility index (Phi) is 11.7. The van der Waals surface area contributed by atoms with E-state index in [9.17, 15) is 18.5 Å². The Morgan fingerprint density at radius 3 is 1.63 bits per heavy atom. The third-order valence-corrected chi connectivity index (χ3v) is 7.41. The zero-order valence-corrected chi connectivity index (χ0v) is 22.8. The first-order chi connectivity index (χ1) is 19.9. The Morgan fingerprint density at radius 2 is 1.17 bits per heavy atom. The molecule has 206 valence electrons. The van der Waals surface area contributed by atoms with Crippen LogP contribution in [0.25, 0.3) is 0 Å². The van der Waals surface area contributed by atoms with Gasteiger partial charge in [0.1, 0.15) is 13.2 Å². The highest BCUT2D eigenvalue weighted by Gasteiger charge is 2.24. The number of benzene rings is 3. The molecule has 0 saturated heterocycles. The van der Waals surface area contributed by atoms with Crippen molar-refractivity contribution in [3.05, 3.63) is 105 Å². The maximum atomic E-state index is 13.5. The minimum Gasteiger partial charge on any atom is -0.384 e. The number of non-ortho nitro benzene ring substituents is 1. The molecule has 8 nitrogen and oxygen atoms in total. The van der Waals surface area contributed by atoms with Crippen LogP contribution in [-0.2, 0) is 10.0 Å². The summed E-state index contributed by atoms with van der Waals surface area (Å²) in [6.45, 7) is -0.576. The van der Waals surface area contributed by atoms with E-state index in [1.807, 2.05) is 18.2 Å². The summed E-state index contributed by atoms with van der Waals surface area (Å²) in [6.07, 6.45) is 0.797. The predicted molar refractivity (Wildman–Crippen MR) is 156 cm³/mol. The van der Waals surface area contributed by atoms with Crippen LogP contribution in [-0.4, -0.2) is 54.2 Å². The van der Waals surface area contributed by atoms with Gasteiger partial charge in [0.2, 0.25) is 10.0 Å². The molecule has 0 aromatic heterocycles. The number of nitro benzene ring substituents is 1. The van der Waals surface area contributed by atoms with Crippen LogP contribution in [0.3, 0.4) is 0 Å². The second-order valence-electron chi connectivity index (χ2n) is 8.31.